The molecule has 0 spiro atoms. The second-order valence-corrected chi connectivity index (χ2v) is 4.26. The highest BCUT2D eigenvalue weighted by atomic mass is 14.2. The maximum atomic E-state index is 8.76. The molecule has 76 valence electrons. The third-order valence-corrected chi connectivity index (χ3v) is 3.07. The molecule has 1 nitrogen and oxygen atoms in total. The van der Waals surface area contributed by atoms with E-state index in [1.807, 2.05) is 0 Å². The van der Waals surface area contributed by atoms with E-state index in [0.717, 1.165) is 12.8 Å². The molecule has 0 N–H and O–H groups in total. The van der Waals surface area contributed by atoms with Crippen LogP contribution in [0.25, 0.3) is 5.57 Å². The molecule has 0 amide bonds. The first kappa shape index (κ1) is 9.98. The zero-order chi connectivity index (χ0) is 10.8. The smallest absolute Gasteiger partial charge is 0.0915 e. The van der Waals surface area contributed by atoms with E-state index in [-0.39, 0.29) is 0 Å². The number of nitrogens with zero attached hydrogens (tertiary/aromatic N) is 1. The summed E-state index contributed by atoms with van der Waals surface area (Å²) >= 11 is 0. The van der Waals surface area contributed by atoms with Gasteiger partial charge in [0.1, 0.15) is 0 Å². The van der Waals surface area contributed by atoms with Gasteiger partial charge in [-0.2, -0.15) is 5.26 Å². The molecule has 1 aromatic carbocycles. The first-order valence-electron chi connectivity index (χ1n) is 5.41. The molecule has 0 heterocycles. The lowest BCUT2D eigenvalue weighted by molar-refractivity contribution is 0.815. The van der Waals surface area contributed by atoms with E-state index in [2.05, 4.69) is 32.0 Å². The Morgan fingerprint density at radius 3 is 2.80 bits per heavy atom. The lowest BCUT2D eigenvalue weighted by Crippen LogP contribution is -2.04. The minimum Gasteiger partial charge on any atom is -0.193 e. The number of hydrogen-bond acceptors (Lipinski definition) is 1. The highest BCUT2D eigenvalue weighted by Crippen LogP contribution is 2.33. The number of nitriles is 1. The van der Waals surface area contributed by atoms with Gasteiger partial charge in [-0.05, 0) is 55.4 Å². The summed E-state index contributed by atoms with van der Waals surface area (Å²) in [6.45, 7) is 4.28. The van der Waals surface area contributed by atoms with Crippen molar-refractivity contribution in [1.82, 2.24) is 0 Å². The first-order valence-corrected chi connectivity index (χ1v) is 5.41. The Morgan fingerprint density at radius 1 is 1.27 bits per heavy atom. The highest BCUT2D eigenvalue weighted by Gasteiger charge is 2.15. The fourth-order valence-electron chi connectivity index (χ4n) is 2.43. The maximum absolute atomic E-state index is 8.76. The minimum atomic E-state index is 1.05. The molecule has 0 saturated heterocycles. The number of allylic oxidation sites excluding steroid dienone is 2. The molecule has 1 aliphatic carbocycles. The fraction of sp³-hybridized carbons (Fsp3) is 0.357. The number of hydrogen-bond donors (Lipinski definition) is 0. The fourth-order valence-corrected chi connectivity index (χ4v) is 2.43. The molecule has 1 heteroatoms. The summed E-state index contributed by atoms with van der Waals surface area (Å²) in [5, 5.41) is 8.76. The summed E-state index contributed by atoms with van der Waals surface area (Å²) in [5.41, 5.74) is 6.62. The van der Waals surface area contributed by atoms with E-state index in [0.29, 0.717) is 0 Å². The van der Waals surface area contributed by atoms with Crippen molar-refractivity contribution < 1.29 is 0 Å². The van der Waals surface area contributed by atoms with Crippen LogP contribution < -0.4 is 0 Å². The van der Waals surface area contributed by atoms with Gasteiger partial charge in [-0.15, -0.1) is 0 Å². The average molecular weight is 197 g/mol. The van der Waals surface area contributed by atoms with Crippen LogP contribution in [0.5, 0.6) is 0 Å². The normalized spacial score (nSPS) is 17.3. The standard InChI is InChI=1S/C14H15N/c1-10-8-11(2)13-5-3-4-12(6-7-15)14(13)9-10/h6,8-9H,3-5H2,1-2H3/b12-6-. The monoisotopic (exact) mass is 197 g/mol. The molecule has 1 aliphatic rings. The van der Waals surface area contributed by atoms with Gasteiger partial charge in [0.2, 0.25) is 0 Å². The Hall–Kier alpha value is -1.55. The Balaban J connectivity index is 2.62. The molecule has 0 bridgehead atoms. The van der Waals surface area contributed by atoms with Crippen LogP contribution in [-0.4, -0.2) is 0 Å². The Morgan fingerprint density at radius 2 is 2.07 bits per heavy atom. The van der Waals surface area contributed by atoms with Crippen LogP contribution in [-0.2, 0) is 6.42 Å². The van der Waals surface area contributed by atoms with E-state index in [1.165, 1.54) is 34.2 Å². The van der Waals surface area contributed by atoms with Gasteiger partial charge < -0.3 is 0 Å². The number of benzene rings is 1. The van der Waals surface area contributed by atoms with Gasteiger partial charge >= 0.3 is 0 Å². The van der Waals surface area contributed by atoms with Gasteiger partial charge in [0, 0.05) is 6.08 Å². The van der Waals surface area contributed by atoms with Crippen molar-refractivity contribution in [2.24, 2.45) is 0 Å². The molecular weight excluding hydrogens is 182 g/mol. The van der Waals surface area contributed by atoms with Crippen molar-refractivity contribution in [3.8, 4) is 6.07 Å². The summed E-state index contributed by atoms with van der Waals surface area (Å²) in [6, 6.07) is 6.60. The third-order valence-electron chi connectivity index (χ3n) is 3.07. The van der Waals surface area contributed by atoms with Crippen LogP contribution in [0, 0.1) is 25.2 Å². The van der Waals surface area contributed by atoms with Gasteiger partial charge in [-0.3, -0.25) is 0 Å². The largest absolute Gasteiger partial charge is 0.193 e. The van der Waals surface area contributed by atoms with E-state index in [1.54, 1.807) is 6.08 Å². The summed E-state index contributed by atoms with van der Waals surface area (Å²) in [4.78, 5) is 0. The van der Waals surface area contributed by atoms with Crippen LogP contribution in [0.15, 0.2) is 18.2 Å². The van der Waals surface area contributed by atoms with E-state index in [9.17, 15) is 0 Å². The van der Waals surface area contributed by atoms with Crippen molar-refractivity contribution in [2.45, 2.75) is 33.1 Å². The topological polar surface area (TPSA) is 23.8 Å². The predicted octanol–water partition coefficient (Wildman–Crippen LogP) is 3.55. The van der Waals surface area contributed by atoms with Crippen LogP contribution in [0.3, 0.4) is 0 Å². The minimum absolute atomic E-state index is 1.05. The predicted molar refractivity (Wildman–Crippen MR) is 62.4 cm³/mol. The number of aryl methyl sites for hydroxylation is 2. The Bertz CT molecular complexity index is 461. The molecule has 15 heavy (non-hydrogen) atoms. The molecule has 0 aliphatic heterocycles. The summed E-state index contributed by atoms with van der Waals surface area (Å²) in [5.74, 6) is 0. The van der Waals surface area contributed by atoms with Gasteiger partial charge in [-0.1, -0.05) is 17.7 Å². The summed E-state index contributed by atoms with van der Waals surface area (Å²) in [6.07, 6.45) is 5.08. The van der Waals surface area contributed by atoms with Gasteiger partial charge in [-0.25, -0.2) is 0 Å². The van der Waals surface area contributed by atoms with E-state index >= 15 is 0 Å². The summed E-state index contributed by atoms with van der Waals surface area (Å²) < 4.78 is 0. The molecule has 0 fully saturated rings. The van der Waals surface area contributed by atoms with Gasteiger partial charge in [0.05, 0.1) is 6.07 Å². The van der Waals surface area contributed by atoms with Gasteiger partial charge in [0.25, 0.3) is 0 Å². The lowest BCUT2D eigenvalue weighted by Gasteiger charge is -2.21. The van der Waals surface area contributed by atoms with Crippen LogP contribution in [0.4, 0.5) is 0 Å². The van der Waals surface area contributed by atoms with Crippen molar-refractivity contribution >= 4 is 5.57 Å². The van der Waals surface area contributed by atoms with Crippen LogP contribution >= 0.6 is 0 Å². The second-order valence-electron chi connectivity index (χ2n) is 4.26. The first-order chi connectivity index (χ1) is 7.22. The molecule has 0 unspecified atom stereocenters. The zero-order valence-electron chi connectivity index (χ0n) is 9.30. The van der Waals surface area contributed by atoms with Crippen molar-refractivity contribution in [3.63, 3.8) is 0 Å². The maximum Gasteiger partial charge on any atom is 0.0915 e. The van der Waals surface area contributed by atoms with Gasteiger partial charge in [0.15, 0.2) is 0 Å². The van der Waals surface area contributed by atoms with E-state index < -0.39 is 0 Å². The van der Waals surface area contributed by atoms with Crippen molar-refractivity contribution in [2.75, 3.05) is 0 Å². The molecule has 0 saturated carbocycles. The highest BCUT2D eigenvalue weighted by molar-refractivity contribution is 5.73. The Labute approximate surface area is 91.0 Å². The average Bonchev–Trinajstić information content (AvgIpc) is 2.19. The lowest BCUT2D eigenvalue weighted by atomic mass is 9.84. The zero-order valence-corrected chi connectivity index (χ0v) is 9.30. The van der Waals surface area contributed by atoms with Crippen LogP contribution in [0.2, 0.25) is 0 Å². The number of rotatable bonds is 0. The van der Waals surface area contributed by atoms with Crippen molar-refractivity contribution in [1.29, 1.82) is 5.26 Å². The second kappa shape index (κ2) is 3.90. The molecule has 0 radical (unpaired) electrons. The van der Waals surface area contributed by atoms with E-state index in [4.69, 9.17) is 5.26 Å². The SMILES string of the molecule is Cc1cc(C)c2c(c1)/C(=C\C#N)CCC2. The summed E-state index contributed by atoms with van der Waals surface area (Å²) in [7, 11) is 0. The quantitative estimate of drug-likeness (QED) is 0.583. The molecule has 0 aromatic heterocycles. The third kappa shape index (κ3) is 1.80. The molecule has 2 rings (SSSR count). The number of fused-ring (bicyclic) bond motifs is 1. The Kier molecular flexibility index (Phi) is 2.60. The molecule has 0 atom stereocenters. The molecule has 1 aromatic rings. The molecular formula is C14H15N. The van der Waals surface area contributed by atoms with Crippen LogP contribution in [0.1, 0.15) is 35.1 Å². The van der Waals surface area contributed by atoms with Crippen molar-refractivity contribution in [3.05, 3.63) is 40.5 Å².